The number of hydrogen-bond acceptors (Lipinski definition) is 6. The summed E-state index contributed by atoms with van der Waals surface area (Å²) in [5.41, 5.74) is 0. The fourth-order valence-electron chi connectivity index (χ4n) is 7.79. The van der Waals surface area contributed by atoms with Crippen molar-refractivity contribution < 1.29 is 28.6 Å². The lowest BCUT2D eigenvalue weighted by Gasteiger charge is -2.18. The van der Waals surface area contributed by atoms with Crippen LogP contribution >= 0.6 is 0 Å². The molecular weight excluding hydrogens is 733 g/mol. The molecule has 6 nitrogen and oxygen atoms in total. The van der Waals surface area contributed by atoms with E-state index in [9.17, 15) is 14.4 Å². The van der Waals surface area contributed by atoms with Crippen molar-refractivity contribution in [3.8, 4) is 0 Å². The van der Waals surface area contributed by atoms with Crippen LogP contribution in [-0.4, -0.2) is 37.2 Å². The second kappa shape index (κ2) is 48.8. The van der Waals surface area contributed by atoms with Gasteiger partial charge in [0.15, 0.2) is 6.10 Å². The molecule has 0 fully saturated rings. The van der Waals surface area contributed by atoms with E-state index < -0.39 is 6.10 Å². The van der Waals surface area contributed by atoms with Gasteiger partial charge in [-0.15, -0.1) is 0 Å². The van der Waals surface area contributed by atoms with E-state index >= 15 is 0 Å². The molecule has 0 aromatic heterocycles. The first-order chi connectivity index (χ1) is 29.0. The van der Waals surface area contributed by atoms with Gasteiger partial charge in [-0.25, -0.2) is 0 Å². The maximum atomic E-state index is 12.8. The lowest BCUT2D eigenvalue weighted by molar-refractivity contribution is -0.167. The van der Waals surface area contributed by atoms with E-state index in [1.807, 2.05) is 0 Å². The van der Waals surface area contributed by atoms with Crippen LogP contribution in [0.3, 0.4) is 0 Å². The number of rotatable bonds is 48. The van der Waals surface area contributed by atoms with Crippen LogP contribution in [0.4, 0.5) is 0 Å². The van der Waals surface area contributed by atoms with Crippen molar-refractivity contribution in [2.24, 2.45) is 0 Å². The SMILES string of the molecule is CCCCCC/C=C\CCCCCCCCCC(=O)OC(COC(=O)CCCCCCCCCCCCCCC)COC(=O)CCCCCCCCCCCCCCC. The average Bonchev–Trinajstić information content (AvgIpc) is 3.23. The van der Waals surface area contributed by atoms with Crippen LogP contribution in [0, 0.1) is 0 Å². The Morgan fingerprint density at radius 3 is 0.864 bits per heavy atom. The normalized spacial score (nSPS) is 11.5. The smallest absolute Gasteiger partial charge is 0.306 e. The molecule has 0 rings (SSSR count). The van der Waals surface area contributed by atoms with Crippen LogP contribution in [-0.2, 0) is 28.6 Å². The van der Waals surface area contributed by atoms with Crippen molar-refractivity contribution >= 4 is 17.9 Å². The Balaban J connectivity index is 4.33. The van der Waals surface area contributed by atoms with Crippen molar-refractivity contribution in [3.63, 3.8) is 0 Å². The van der Waals surface area contributed by atoms with Gasteiger partial charge in [-0.3, -0.25) is 14.4 Å². The Hall–Kier alpha value is -1.85. The first-order valence-electron chi connectivity index (χ1n) is 26.2. The lowest BCUT2D eigenvalue weighted by Crippen LogP contribution is -2.30. The quantitative estimate of drug-likeness (QED) is 0.0263. The molecule has 0 aromatic carbocycles. The number of esters is 3. The maximum Gasteiger partial charge on any atom is 0.306 e. The molecule has 0 unspecified atom stereocenters. The molecule has 0 atom stereocenters. The van der Waals surface area contributed by atoms with Gasteiger partial charge in [0.25, 0.3) is 0 Å². The third kappa shape index (κ3) is 47.1. The highest BCUT2D eigenvalue weighted by Gasteiger charge is 2.19. The average molecular weight is 833 g/mol. The maximum absolute atomic E-state index is 12.8. The Labute approximate surface area is 367 Å². The minimum Gasteiger partial charge on any atom is -0.462 e. The Morgan fingerprint density at radius 2 is 0.559 bits per heavy atom. The number of allylic oxidation sites excluding steroid dienone is 2. The predicted molar refractivity (Wildman–Crippen MR) is 252 cm³/mol. The van der Waals surface area contributed by atoms with Crippen molar-refractivity contribution in [3.05, 3.63) is 12.2 Å². The molecule has 6 heteroatoms. The third-order valence-corrected chi connectivity index (χ3v) is 11.8. The minimum atomic E-state index is -0.765. The lowest BCUT2D eigenvalue weighted by atomic mass is 10.0. The molecule has 0 radical (unpaired) electrons. The summed E-state index contributed by atoms with van der Waals surface area (Å²) in [5.74, 6) is -0.853. The van der Waals surface area contributed by atoms with Gasteiger partial charge >= 0.3 is 17.9 Å². The molecular formula is C53H100O6. The second-order valence-corrected chi connectivity index (χ2v) is 17.8. The molecule has 0 saturated carbocycles. The molecule has 0 aliphatic heterocycles. The van der Waals surface area contributed by atoms with Crippen molar-refractivity contribution in [2.75, 3.05) is 13.2 Å². The highest BCUT2D eigenvalue weighted by atomic mass is 16.6. The van der Waals surface area contributed by atoms with Gasteiger partial charge in [-0.05, 0) is 44.9 Å². The van der Waals surface area contributed by atoms with Crippen molar-refractivity contribution in [1.29, 1.82) is 0 Å². The third-order valence-electron chi connectivity index (χ3n) is 11.8. The molecule has 0 aromatic rings. The summed E-state index contributed by atoms with van der Waals surface area (Å²) in [4.78, 5) is 37.9. The number of unbranched alkanes of at least 4 members (excludes halogenated alkanes) is 35. The van der Waals surface area contributed by atoms with Gasteiger partial charge in [0.05, 0.1) is 0 Å². The van der Waals surface area contributed by atoms with E-state index in [0.29, 0.717) is 19.3 Å². The van der Waals surface area contributed by atoms with Crippen LogP contribution in [0.5, 0.6) is 0 Å². The van der Waals surface area contributed by atoms with E-state index in [-0.39, 0.29) is 31.1 Å². The van der Waals surface area contributed by atoms with Gasteiger partial charge in [0.1, 0.15) is 13.2 Å². The zero-order valence-corrected chi connectivity index (χ0v) is 39.8. The predicted octanol–water partition coefficient (Wildman–Crippen LogP) is 17.0. The molecule has 0 aliphatic rings. The van der Waals surface area contributed by atoms with Crippen molar-refractivity contribution in [2.45, 2.75) is 297 Å². The van der Waals surface area contributed by atoms with Gasteiger partial charge in [0, 0.05) is 19.3 Å². The molecule has 0 saturated heterocycles. The topological polar surface area (TPSA) is 78.9 Å². The highest BCUT2D eigenvalue weighted by Crippen LogP contribution is 2.16. The monoisotopic (exact) mass is 833 g/mol. The molecule has 0 amide bonds. The Morgan fingerprint density at radius 1 is 0.322 bits per heavy atom. The first kappa shape index (κ1) is 57.1. The molecule has 348 valence electrons. The summed E-state index contributed by atoms with van der Waals surface area (Å²) >= 11 is 0. The van der Waals surface area contributed by atoms with Gasteiger partial charge < -0.3 is 14.2 Å². The van der Waals surface area contributed by atoms with Crippen LogP contribution < -0.4 is 0 Å². The largest absolute Gasteiger partial charge is 0.462 e. The molecule has 0 aliphatic carbocycles. The van der Waals surface area contributed by atoms with E-state index in [1.54, 1.807) is 0 Å². The summed E-state index contributed by atoms with van der Waals surface area (Å²) in [6, 6.07) is 0. The van der Waals surface area contributed by atoms with Crippen molar-refractivity contribution in [1.82, 2.24) is 0 Å². The summed E-state index contributed by atoms with van der Waals surface area (Å²) in [7, 11) is 0. The summed E-state index contributed by atoms with van der Waals surface area (Å²) in [6.45, 7) is 6.65. The molecule has 0 heterocycles. The number of ether oxygens (including phenoxy) is 3. The number of carbonyl (C=O) groups is 3. The summed E-state index contributed by atoms with van der Waals surface area (Å²) in [5, 5.41) is 0. The highest BCUT2D eigenvalue weighted by molar-refractivity contribution is 5.71. The number of hydrogen-bond donors (Lipinski definition) is 0. The number of carbonyl (C=O) groups excluding carboxylic acids is 3. The fourth-order valence-corrected chi connectivity index (χ4v) is 7.79. The van der Waals surface area contributed by atoms with Crippen LogP contribution in [0.25, 0.3) is 0 Å². The van der Waals surface area contributed by atoms with Crippen LogP contribution in [0.1, 0.15) is 290 Å². The first-order valence-corrected chi connectivity index (χ1v) is 26.2. The zero-order valence-electron chi connectivity index (χ0n) is 39.8. The van der Waals surface area contributed by atoms with Gasteiger partial charge in [0.2, 0.25) is 0 Å². The van der Waals surface area contributed by atoms with E-state index in [2.05, 4.69) is 32.9 Å². The molecule has 0 N–H and O–H groups in total. The molecule has 59 heavy (non-hydrogen) atoms. The zero-order chi connectivity index (χ0) is 43.0. The Bertz CT molecular complexity index is 870. The molecule has 0 bridgehead atoms. The van der Waals surface area contributed by atoms with Crippen LogP contribution in [0.15, 0.2) is 12.2 Å². The minimum absolute atomic E-state index is 0.0664. The van der Waals surface area contributed by atoms with E-state index in [4.69, 9.17) is 14.2 Å². The van der Waals surface area contributed by atoms with Crippen LogP contribution in [0.2, 0.25) is 0 Å². The second-order valence-electron chi connectivity index (χ2n) is 17.8. The standard InChI is InChI=1S/C53H100O6/c1-4-7-10-13-16-19-22-25-26-29-32-35-38-41-44-47-53(56)59-50(48-57-51(54)45-42-39-36-33-30-27-23-20-17-14-11-8-5-2)49-58-52(55)46-43-40-37-34-31-28-24-21-18-15-12-9-6-3/h19,22,50H,4-18,20-21,23-49H2,1-3H3/b22-19-. The van der Waals surface area contributed by atoms with E-state index in [1.165, 1.54) is 193 Å². The fraction of sp³-hybridized carbons (Fsp3) is 0.906. The molecule has 0 spiro atoms. The van der Waals surface area contributed by atoms with Gasteiger partial charge in [-0.2, -0.15) is 0 Å². The summed E-state index contributed by atoms with van der Waals surface area (Å²) < 4.78 is 16.8. The Kier molecular flexibility index (Phi) is 47.3. The van der Waals surface area contributed by atoms with Gasteiger partial charge in [-0.1, -0.05) is 238 Å². The summed E-state index contributed by atoms with van der Waals surface area (Å²) in [6.07, 6.45) is 53.3. The van der Waals surface area contributed by atoms with E-state index in [0.717, 1.165) is 57.8 Å².